The topological polar surface area (TPSA) is 159 Å². The minimum absolute atomic E-state index is 0.533. The number of hydrogen-bond acceptors (Lipinski definition) is 5. The Bertz CT molecular complexity index is 185. The third-order valence-corrected chi connectivity index (χ3v) is 0.878. The van der Waals surface area contributed by atoms with Gasteiger partial charge in [-0.3, -0.25) is 10.8 Å². The molecule has 0 fully saturated rings. The summed E-state index contributed by atoms with van der Waals surface area (Å²) >= 11 is -2.23. The van der Waals surface area contributed by atoms with Gasteiger partial charge < -0.3 is 11.5 Å². The molecule has 0 radical (unpaired) electrons. The molecule has 0 heterocycles. The van der Waals surface area contributed by atoms with Crippen LogP contribution in [0.15, 0.2) is 0 Å². The van der Waals surface area contributed by atoms with Gasteiger partial charge in [-0.25, -0.2) is 11.0 Å². The van der Waals surface area contributed by atoms with Crippen molar-refractivity contribution in [1.29, 1.82) is 10.8 Å². The zero-order chi connectivity index (χ0) is 9.56. The number of rotatable bonds is 4. The van der Waals surface area contributed by atoms with E-state index in [1.54, 1.807) is 11.0 Å². The van der Waals surface area contributed by atoms with Crippen LogP contribution in [0, 0.1) is 10.8 Å². The molecule has 12 heavy (non-hydrogen) atoms. The molecular formula is C2H8N6O3S. The van der Waals surface area contributed by atoms with Gasteiger partial charge in [0.1, 0.15) is 0 Å². The number of nitrogens with one attached hydrogen (secondary N) is 4. The number of hydroxylamine groups is 2. The highest BCUT2D eigenvalue weighted by atomic mass is 32.2. The molecule has 0 aliphatic rings. The Kier molecular flexibility index (Phi) is 4.67. The lowest BCUT2D eigenvalue weighted by molar-refractivity contribution is 0.192. The van der Waals surface area contributed by atoms with E-state index in [9.17, 15) is 4.21 Å². The van der Waals surface area contributed by atoms with E-state index < -0.39 is 23.3 Å². The van der Waals surface area contributed by atoms with Gasteiger partial charge in [0.25, 0.3) is 0 Å². The van der Waals surface area contributed by atoms with Crippen molar-refractivity contribution in [3.63, 3.8) is 0 Å². The Labute approximate surface area is 70.2 Å². The summed E-state index contributed by atoms with van der Waals surface area (Å²) < 4.78 is 18.7. The average molecular weight is 196 g/mol. The molecule has 0 saturated heterocycles. The minimum Gasteiger partial charge on any atom is -0.368 e. The third kappa shape index (κ3) is 6.73. The van der Waals surface area contributed by atoms with Gasteiger partial charge in [-0.2, -0.15) is 4.21 Å². The highest BCUT2D eigenvalue weighted by Gasteiger charge is 2.01. The van der Waals surface area contributed by atoms with Crippen molar-refractivity contribution in [3.05, 3.63) is 0 Å². The Balaban J connectivity index is 3.47. The van der Waals surface area contributed by atoms with E-state index >= 15 is 0 Å². The van der Waals surface area contributed by atoms with E-state index in [-0.39, 0.29) is 0 Å². The van der Waals surface area contributed by atoms with E-state index in [0.717, 1.165) is 0 Å². The first-order valence-electron chi connectivity index (χ1n) is 2.49. The number of guanidine groups is 2. The predicted octanol–water partition coefficient (Wildman–Crippen LogP) is -2.61. The van der Waals surface area contributed by atoms with Crippen molar-refractivity contribution < 1.29 is 12.8 Å². The first-order chi connectivity index (χ1) is 5.52. The molecule has 0 aromatic rings. The fraction of sp³-hybridized carbons (Fsp3) is 0. The fourth-order valence-corrected chi connectivity index (χ4v) is 0.524. The van der Waals surface area contributed by atoms with Crippen LogP contribution < -0.4 is 22.4 Å². The maximum atomic E-state index is 10.5. The van der Waals surface area contributed by atoms with Crippen molar-refractivity contribution >= 4 is 23.3 Å². The summed E-state index contributed by atoms with van der Waals surface area (Å²) in [5, 5.41) is 13.1. The molecule has 0 saturated carbocycles. The maximum Gasteiger partial charge on any atom is 0.350 e. The van der Waals surface area contributed by atoms with E-state index in [4.69, 9.17) is 22.3 Å². The van der Waals surface area contributed by atoms with Crippen molar-refractivity contribution in [2.75, 3.05) is 0 Å². The lowest BCUT2D eigenvalue weighted by Gasteiger charge is -2.03. The van der Waals surface area contributed by atoms with Crippen LogP contribution in [0.4, 0.5) is 0 Å². The standard InChI is InChI=1S/C2H8N6O3S/c3-1(4)7-10-12(9)11-8-2(5)6/h(H4,3,4,7)(H4,5,6,8). The van der Waals surface area contributed by atoms with Crippen molar-refractivity contribution in [3.8, 4) is 0 Å². The highest BCUT2D eigenvalue weighted by molar-refractivity contribution is 7.75. The van der Waals surface area contributed by atoms with Crippen LogP contribution in [0.5, 0.6) is 0 Å². The summed E-state index contributed by atoms with van der Waals surface area (Å²) in [6.45, 7) is 0. The largest absolute Gasteiger partial charge is 0.368 e. The van der Waals surface area contributed by atoms with E-state index in [1.807, 2.05) is 0 Å². The molecule has 0 aliphatic heterocycles. The van der Waals surface area contributed by atoms with E-state index in [1.165, 1.54) is 0 Å². The van der Waals surface area contributed by atoms with Crippen LogP contribution in [0.2, 0.25) is 0 Å². The molecule has 70 valence electrons. The maximum absolute atomic E-state index is 10.5. The summed E-state index contributed by atoms with van der Waals surface area (Å²) in [6.07, 6.45) is 0. The molecule has 0 amide bonds. The van der Waals surface area contributed by atoms with Gasteiger partial charge in [0, 0.05) is 0 Å². The predicted molar refractivity (Wildman–Crippen MR) is 40.4 cm³/mol. The van der Waals surface area contributed by atoms with E-state index in [0.29, 0.717) is 0 Å². The summed E-state index contributed by atoms with van der Waals surface area (Å²) in [6, 6.07) is 0. The summed E-state index contributed by atoms with van der Waals surface area (Å²) in [4.78, 5) is 0. The Morgan fingerprint density at radius 1 is 1.17 bits per heavy atom. The SMILES string of the molecule is N=C(N)NOS(=O)ONC(=N)N. The van der Waals surface area contributed by atoms with Gasteiger partial charge in [0.15, 0.2) is 0 Å². The summed E-state index contributed by atoms with van der Waals surface area (Å²) in [7, 11) is 0. The summed E-state index contributed by atoms with van der Waals surface area (Å²) in [5.74, 6) is -1.07. The van der Waals surface area contributed by atoms with Gasteiger partial charge >= 0.3 is 11.4 Å². The molecule has 0 aliphatic carbocycles. The molecule has 0 atom stereocenters. The average Bonchev–Trinajstić information content (AvgIpc) is 1.96. The van der Waals surface area contributed by atoms with Gasteiger partial charge in [-0.1, -0.05) is 0 Å². The van der Waals surface area contributed by atoms with Crippen molar-refractivity contribution in [2.24, 2.45) is 11.5 Å². The fourth-order valence-electron chi connectivity index (χ4n) is 0.175. The second kappa shape index (κ2) is 5.29. The molecule has 0 aromatic heterocycles. The second-order valence-electron chi connectivity index (χ2n) is 1.40. The molecule has 0 rings (SSSR count). The minimum atomic E-state index is -2.23. The molecule has 10 heteroatoms. The van der Waals surface area contributed by atoms with Crippen LogP contribution in [-0.4, -0.2) is 16.1 Å². The van der Waals surface area contributed by atoms with Gasteiger partial charge in [-0.15, -0.1) is 8.57 Å². The number of nitrogens with two attached hydrogens (primary N) is 2. The molecule has 0 aromatic carbocycles. The van der Waals surface area contributed by atoms with Crippen LogP contribution >= 0.6 is 0 Å². The summed E-state index contributed by atoms with van der Waals surface area (Å²) in [5.41, 5.74) is 13.0. The molecule has 8 N–H and O–H groups in total. The molecule has 0 spiro atoms. The quantitative estimate of drug-likeness (QED) is 0.163. The smallest absolute Gasteiger partial charge is 0.350 e. The van der Waals surface area contributed by atoms with Crippen LogP contribution in [-0.2, 0) is 19.9 Å². The highest BCUT2D eigenvalue weighted by Crippen LogP contribution is 1.79. The van der Waals surface area contributed by atoms with Gasteiger partial charge in [0.05, 0.1) is 0 Å². The first kappa shape index (κ1) is 10.6. The number of hydrogen-bond donors (Lipinski definition) is 6. The molecule has 9 nitrogen and oxygen atoms in total. The normalized spacial score (nSPS) is 11.7. The lowest BCUT2D eigenvalue weighted by Crippen LogP contribution is -2.35. The zero-order valence-corrected chi connectivity index (χ0v) is 6.60. The monoisotopic (exact) mass is 196 g/mol. The molecule has 0 unspecified atom stereocenters. The van der Waals surface area contributed by atoms with Crippen molar-refractivity contribution in [1.82, 2.24) is 11.0 Å². The lowest BCUT2D eigenvalue weighted by atomic mass is 11.1. The van der Waals surface area contributed by atoms with Crippen molar-refractivity contribution in [2.45, 2.75) is 0 Å². The third-order valence-electron chi connectivity index (χ3n) is 0.439. The van der Waals surface area contributed by atoms with Crippen LogP contribution in [0.3, 0.4) is 0 Å². The zero-order valence-electron chi connectivity index (χ0n) is 5.79. The van der Waals surface area contributed by atoms with Gasteiger partial charge in [-0.05, 0) is 0 Å². The second-order valence-corrected chi connectivity index (χ2v) is 2.14. The van der Waals surface area contributed by atoms with E-state index in [2.05, 4.69) is 8.57 Å². The molecule has 0 bridgehead atoms. The van der Waals surface area contributed by atoms with Gasteiger partial charge in [0.2, 0.25) is 11.9 Å². The Morgan fingerprint density at radius 3 is 1.75 bits per heavy atom. The Morgan fingerprint density at radius 2 is 1.50 bits per heavy atom. The Hall–Kier alpha value is -1.39. The van der Waals surface area contributed by atoms with Crippen LogP contribution in [0.1, 0.15) is 0 Å². The van der Waals surface area contributed by atoms with Crippen LogP contribution in [0.25, 0.3) is 0 Å². The molecular weight excluding hydrogens is 188 g/mol. The first-order valence-corrected chi connectivity index (χ1v) is 3.49.